The number of nitrogens with two attached hydrogens (primary N) is 1. The average molecular weight is 379 g/mol. The minimum Gasteiger partial charge on any atom is -0.497 e. The summed E-state index contributed by atoms with van der Waals surface area (Å²) in [6, 6.07) is 5.25. The molecule has 1 aromatic rings. The fourth-order valence-electron chi connectivity index (χ4n) is 2.57. The van der Waals surface area contributed by atoms with Crippen molar-refractivity contribution in [3.05, 3.63) is 18.2 Å². The van der Waals surface area contributed by atoms with Crippen LogP contribution in [0.4, 0.5) is 11.4 Å². The van der Waals surface area contributed by atoms with Gasteiger partial charge in [0.1, 0.15) is 5.75 Å². The highest BCUT2D eigenvalue weighted by Gasteiger charge is 2.16. The van der Waals surface area contributed by atoms with E-state index in [4.69, 9.17) is 10.5 Å². The van der Waals surface area contributed by atoms with Crippen molar-refractivity contribution in [2.45, 2.75) is 13.3 Å². The molecular formula is C16H28Cl2N4O2. The number of hydrogen-bond acceptors (Lipinski definition) is 5. The third kappa shape index (κ3) is 6.73. The molecule has 0 aromatic heterocycles. The molecule has 0 atom stereocenters. The molecule has 1 aromatic carbocycles. The molecule has 1 saturated heterocycles. The average Bonchev–Trinajstić information content (AvgIpc) is 2.55. The van der Waals surface area contributed by atoms with Gasteiger partial charge in [0.05, 0.1) is 18.5 Å². The van der Waals surface area contributed by atoms with Crippen LogP contribution in [0.25, 0.3) is 0 Å². The number of nitrogens with zero attached hydrogens (tertiary/aromatic N) is 2. The first-order valence-corrected chi connectivity index (χ1v) is 7.80. The van der Waals surface area contributed by atoms with Crippen LogP contribution in [0, 0.1) is 0 Å². The second-order valence-corrected chi connectivity index (χ2v) is 5.53. The first kappa shape index (κ1) is 22.8. The number of methoxy groups -OCH3 is 1. The van der Waals surface area contributed by atoms with Gasteiger partial charge in [-0.15, -0.1) is 24.8 Å². The number of ether oxygens (including phenoxy) is 1. The number of nitrogen functional groups attached to an aromatic ring is 1. The first-order chi connectivity index (χ1) is 10.6. The number of hydrogen-bond donors (Lipinski definition) is 2. The molecular weight excluding hydrogens is 351 g/mol. The van der Waals surface area contributed by atoms with Gasteiger partial charge in [-0.25, -0.2) is 0 Å². The van der Waals surface area contributed by atoms with Crippen molar-refractivity contribution >= 4 is 42.1 Å². The maximum absolute atomic E-state index is 12.1. The number of amides is 1. The molecule has 0 aliphatic carbocycles. The van der Waals surface area contributed by atoms with E-state index in [1.54, 1.807) is 25.3 Å². The van der Waals surface area contributed by atoms with Gasteiger partial charge in [0, 0.05) is 45.2 Å². The summed E-state index contributed by atoms with van der Waals surface area (Å²) < 4.78 is 5.15. The largest absolute Gasteiger partial charge is 0.497 e. The summed E-state index contributed by atoms with van der Waals surface area (Å²) in [5, 5.41) is 2.86. The van der Waals surface area contributed by atoms with Gasteiger partial charge in [-0.2, -0.15) is 0 Å². The van der Waals surface area contributed by atoms with E-state index < -0.39 is 0 Å². The van der Waals surface area contributed by atoms with Crippen LogP contribution in [-0.4, -0.2) is 62.1 Å². The standard InChI is InChI=1S/C16H26N4O2.2ClH/c1-3-19-8-10-20(11-9-19)7-6-16(21)18-15-12-13(22-2)4-5-14(15)17;;/h4-5,12H,3,6-11,17H2,1-2H3,(H,18,21);2*1H. The number of carbonyl (C=O) groups excluding carboxylic acids is 1. The molecule has 24 heavy (non-hydrogen) atoms. The van der Waals surface area contributed by atoms with Gasteiger partial charge in [0.2, 0.25) is 5.91 Å². The zero-order chi connectivity index (χ0) is 15.9. The quantitative estimate of drug-likeness (QED) is 0.741. The van der Waals surface area contributed by atoms with E-state index in [1.165, 1.54) is 0 Å². The lowest BCUT2D eigenvalue weighted by Gasteiger charge is -2.33. The predicted molar refractivity (Wildman–Crippen MR) is 104 cm³/mol. The van der Waals surface area contributed by atoms with Crippen molar-refractivity contribution in [2.75, 3.05) is 57.4 Å². The summed E-state index contributed by atoms with van der Waals surface area (Å²) in [6.45, 7) is 8.30. The lowest BCUT2D eigenvalue weighted by atomic mass is 10.2. The number of anilines is 2. The fourth-order valence-corrected chi connectivity index (χ4v) is 2.57. The molecule has 138 valence electrons. The topological polar surface area (TPSA) is 70.8 Å². The smallest absolute Gasteiger partial charge is 0.225 e. The summed E-state index contributed by atoms with van der Waals surface area (Å²) in [4.78, 5) is 16.8. The highest BCUT2D eigenvalue weighted by Crippen LogP contribution is 2.24. The molecule has 0 unspecified atom stereocenters. The monoisotopic (exact) mass is 378 g/mol. The molecule has 1 amide bonds. The van der Waals surface area contributed by atoms with Gasteiger partial charge in [-0.3, -0.25) is 4.79 Å². The SMILES string of the molecule is CCN1CCN(CCC(=O)Nc2cc(OC)ccc2N)CC1.Cl.Cl. The highest BCUT2D eigenvalue weighted by atomic mass is 35.5. The van der Waals surface area contributed by atoms with E-state index in [2.05, 4.69) is 22.0 Å². The second kappa shape index (κ2) is 11.4. The molecule has 0 radical (unpaired) electrons. The predicted octanol–water partition coefficient (Wildman–Crippen LogP) is 2.09. The van der Waals surface area contributed by atoms with Gasteiger partial charge in [0.25, 0.3) is 0 Å². The number of piperazine rings is 1. The molecule has 8 heteroatoms. The second-order valence-electron chi connectivity index (χ2n) is 5.53. The number of benzene rings is 1. The Morgan fingerprint density at radius 1 is 1.21 bits per heavy atom. The third-order valence-electron chi connectivity index (χ3n) is 4.10. The summed E-state index contributed by atoms with van der Waals surface area (Å²) in [5.74, 6) is 0.665. The summed E-state index contributed by atoms with van der Waals surface area (Å²) in [6.07, 6.45) is 0.475. The van der Waals surface area contributed by atoms with E-state index in [0.29, 0.717) is 23.5 Å². The maximum Gasteiger partial charge on any atom is 0.225 e. The van der Waals surface area contributed by atoms with Crippen molar-refractivity contribution in [1.82, 2.24) is 9.80 Å². The van der Waals surface area contributed by atoms with Crippen LogP contribution in [-0.2, 0) is 4.79 Å². The van der Waals surface area contributed by atoms with Crippen molar-refractivity contribution < 1.29 is 9.53 Å². The zero-order valence-electron chi connectivity index (χ0n) is 14.3. The van der Waals surface area contributed by atoms with Crippen molar-refractivity contribution in [1.29, 1.82) is 0 Å². The van der Waals surface area contributed by atoms with Crippen LogP contribution in [0.1, 0.15) is 13.3 Å². The Bertz CT molecular complexity index is 509. The number of carbonyl (C=O) groups is 1. The van der Waals surface area contributed by atoms with Gasteiger partial charge in [0.15, 0.2) is 0 Å². The Kier molecular flexibility index (Phi) is 10.8. The molecule has 0 saturated carbocycles. The van der Waals surface area contributed by atoms with Crippen molar-refractivity contribution in [2.24, 2.45) is 0 Å². The fraction of sp³-hybridized carbons (Fsp3) is 0.562. The summed E-state index contributed by atoms with van der Waals surface area (Å²) in [5.41, 5.74) is 7.03. The summed E-state index contributed by atoms with van der Waals surface area (Å²) >= 11 is 0. The van der Waals surface area contributed by atoms with E-state index >= 15 is 0 Å². The maximum atomic E-state index is 12.1. The van der Waals surface area contributed by atoms with E-state index in [0.717, 1.165) is 39.3 Å². The highest BCUT2D eigenvalue weighted by molar-refractivity contribution is 5.94. The molecule has 1 aliphatic rings. The first-order valence-electron chi connectivity index (χ1n) is 7.80. The van der Waals surface area contributed by atoms with Crippen LogP contribution < -0.4 is 15.8 Å². The lowest BCUT2D eigenvalue weighted by molar-refractivity contribution is -0.116. The number of likely N-dealkylation sites (N-methyl/N-ethyl adjacent to an activating group) is 1. The molecule has 3 N–H and O–H groups in total. The minimum absolute atomic E-state index is 0. The van der Waals surface area contributed by atoms with Crippen molar-refractivity contribution in [3.63, 3.8) is 0 Å². The molecule has 1 aliphatic heterocycles. The van der Waals surface area contributed by atoms with Crippen LogP contribution in [0.15, 0.2) is 18.2 Å². The zero-order valence-corrected chi connectivity index (χ0v) is 15.9. The Hall–Kier alpha value is -1.21. The minimum atomic E-state index is -0.0159. The van der Waals surface area contributed by atoms with Gasteiger partial charge < -0.3 is 25.6 Å². The van der Waals surface area contributed by atoms with Gasteiger partial charge in [-0.1, -0.05) is 6.92 Å². The van der Waals surface area contributed by atoms with Gasteiger partial charge in [-0.05, 0) is 18.7 Å². The van der Waals surface area contributed by atoms with Crippen LogP contribution in [0.2, 0.25) is 0 Å². The molecule has 1 heterocycles. The lowest BCUT2D eigenvalue weighted by Crippen LogP contribution is -2.46. The van der Waals surface area contributed by atoms with Gasteiger partial charge >= 0.3 is 0 Å². The molecule has 6 nitrogen and oxygen atoms in total. The molecule has 0 spiro atoms. The number of nitrogens with one attached hydrogen (secondary N) is 1. The van der Waals surface area contributed by atoms with Crippen LogP contribution in [0.3, 0.4) is 0 Å². The Balaban J connectivity index is 0.00000264. The molecule has 0 bridgehead atoms. The van der Waals surface area contributed by atoms with Crippen LogP contribution >= 0.6 is 24.8 Å². The molecule has 1 fully saturated rings. The Morgan fingerprint density at radius 2 is 1.83 bits per heavy atom. The number of rotatable bonds is 6. The number of halogens is 2. The van der Waals surface area contributed by atoms with E-state index in [1.807, 2.05) is 0 Å². The Labute approximate surface area is 156 Å². The third-order valence-corrected chi connectivity index (χ3v) is 4.10. The van der Waals surface area contributed by atoms with E-state index in [-0.39, 0.29) is 30.7 Å². The Morgan fingerprint density at radius 3 is 2.42 bits per heavy atom. The normalized spacial score (nSPS) is 15.1. The van der Waals surface area contributed by atoms with Crippen molar-refractivity contribution in [3.8, 4) is 5.75 Å². The summed E-state index contributed by atoms with van der Waals surface area (Å²) in [7, 11) is 1.59. The van der Waals surface area contributed by atoms with Crippen LogP contribution in [0.5, 0.6) is 5.75 Å². The molecule has 2 rings (SSSR count). The van der Waals surface area contributed by atoms with E-state index in [9.17, 15) is 4.79 Å².